The van der Waals surface area contributed by atoms with Gasteiger partial charge in [0.05, 0.1) is 24.6 Å². The van der Waals surface area contributed by atoms with E-state index in [0.717, 1.165) is 36.8 Å². The van der Waals surface area contributed by atoms with E-state index < -0.39 is 0 Å². The van der Waals surface area contributed by atoms with Crippen molar-refractivity contribution >= 4 is 5.69 Å². The van der Waals surface area contributed by atoms with Gasteiger partial charge in [-0.1, -0.05) is 12.1 Å². The number of anilines is 1. The molecule has 4 nitrogen and oxygen atoms in total. The van der Waals surface area contributed by atoms with E-state index in [2.05, 4.69) is 11.0 Å². The van der Waals surface area contributed by atoms with E-state index >= 15 is 0 Å². The zero-order chi connectivity index (χ0) is 13.1. The Bertz CT molecular complexity index is 525. The number of hydrogen-bond acceptors (Lipinski definition) is 4. The van der Waals surface area contributed by atoms with E-state index in [1.807, 2.05) is 30.3 Å². The molecule has 0 spiro atoms. The predicted octanol–water partition coefficient (Wildman–Crippen LogP) is 2.57. The Balaban J connectivity index is 1.99. The van der Waals surface area contributed by atoms with Gasteiger partial charge in [0.1, 0.15) is 11.5 Å². The summed E-state index contributed by atoms with van der Waals surface area (Å²) in [4.78, 5) is 2.28. The summed E-state index contributed by atoms with van der Waals surface area (Å²) < 4.78 is 11.3. The molecule has 4 heteroatoms. The Morgan fingerprint density at radius 1 is 1.21 bits per heavy atom. The Morgan fingerprint density at radius 2 is 2.11 bits per heavy atom. The van der Waals surface area contributed by atoms with Crippen molar-refractivity contribution in [2.45, 2.75) is 12.5 Å². The van der Waals surface area contributed by atoms with Crippen LogP contribution in [0.25, 0.3) is 0 Å². The standard InChI is InChI=1S/C15H18N2O2/c16-11-13(15-7-3-9-18-15)17-8-4-10-19-14-6-2-1-5-12(14)17/h1-3,5-7,9,13H,4,8,10-11,16H2. The molecule has 1 aromatic heterocycles. The average molecular weight is 258 g/mol. The molecule has 0 saturated heterocycles. The molecule has 0 fully saturated rings. The SMILES string of the molecule is NCC(c1ccco1)N1CCCOc2ccccc21. The zero-order valence-electron chi connectivity index (χ0n) is 10.8. The van der Waals surface area contributed by atoms with Crippen molar-refractivity contribution in [3.05, 3.63) is 48.4 Å². The first-order chi connectivity index (χ1) is 9.40. The third-order valence-electron chi connectivity index (χ3n) is 3.45. The van der Waals surface area contributed by atoms with Crippen LogP contribution >= 0.6 is 0 Å². The minimum Gasteiger partial charge on any atom is -0.491 e. The van der Waals surface area contributed by atoms with Crippen molar-refractivity contribution in [3.63, 3.8) is 0 Å². The molecule has 0 amide bonds. The van der Waals surface area contributed by atoms with Gasteiger partial charge in [-0.05, 0) is 30.7 Å². The van der Waals surface area contributed by atoms with Crippen LogP contribution in [0.1, 0.15) is 18.2 Å². The normalized spacial score (nSPS) is 16.4. The molecule has 1 aliphatic heterocycles. The molecule has 1 aromatic carbocycles. The summed E-state index contributed by atoms with van der Waals surface area (Å²) in [6.07, 6.45) is 2.67. The molecule has 1 aliphatic rings. The van der Waals surface area contributed by atoms with Gasteiger partial charge >= 0.3 is 0 Å². The number of hydrogen-bond donors (Lipinski definition) is 1. The van der Waals surface area contributed by atoms with Gasteiger partial charge in [-0.3, -0.25) is 0 Å². The molecular formula is C15H18N2O2. The number of rotatable bonds is 3. The Hall–Kier alpha value is -1.94. The van der Waals surface area contributed by atoms with Crippen molar-refractivity contribution in [1.29, 1.82) is 0 Å². The van der Waals surface area contributed by atoms with Gasteiger partial charge < -0.3 is 19.8 Å². The van der Waals surface area contributed by atoms with Crippen LogP contribution in [0.5, 0.6) is 5.75 Å². The van der Waals surface area contributed by atoms with Crippen molar-refractivity contribution in [1.82, 2.24) is 0 Å². The van der Waals surface area contributed by atoms with Crippen LogP contribution in [0, 0.1) is 0 Å². The second kappa shape index (κ2) is 5.36. The van der Waals surface area contributed by atoms with Gasteiger partial charge in [-0.2, -0.15) is 0 Å². The fourth-order valence-electron chi connectivity index (χ4n) is 2.56. The highest BCUT2D eigenvalue weighted by Gasteiger charge is 2.25. The van der Waals surface area contributed by atoms with E-state index in [1.165, 1.54) is 0 Å². The third kappa shape index (κ3) is 2.31. The average Bonchev–Trinajstić information content (AvgIpc) is 2.88. The second-order valence-electron chi connectivity index (χ2n) is 4.63. The van der Waals surface area contributed by atoms with Crippen molar-refractivity contribution in [3.8, 4) is 5.75 Å². The number of para-hydroxylation sites is 2. The number of benzene rings is 1. The van der Waals surface area contributed by atoms with Crippen LogP contribution < -0.4 is 15.4 Å². The number of nitrogens with zero attached hydrogens (tertiary/aromatic N) is 1. The molecule has 2 aromatic rings. The molecule has 1 unspecified atom stereocenters. The summed E-state index contributed by atoms with van der Waals surface area (Å²) in [7, 11) is 0. The molecule has 3 rings (SSSR count). The maximum atomic E-state index is 5.96. The molecule has 100 valence electrons. The monoisotopic (exact) mass is 258 g/mol. The largest absolute Gasteiger partial charge is 0.491 e. The van der Waals surface area contributed by atoms with Crippen LogP contribution in [-0.4, -0.2) is 19.7 Å². The van der Waals surface area contributed by atoms with Crippen molar-refractivity contribution < 1.29 is 9.15 Å². The van der Waals surface area contributed by atoms with Gasteiger partial charge in [0.2, 0.25) is 0 Å². The molecular weight excluding hydrogens is 240 g/mol. The minimum atomic E-state index is 0.0536. The number of ether oxygens (including phenoxy) is 1. The van der Waals surface area contributed by atoms with Gasteiger partial charge in [0, 0.05) is 13.1 Å². The van der Waals surface area contributed by atoms with Gasteiger partial charge in [0.15, 0.2) is 0 Å². The highest BCUT2D eigenvalue weighted by atomic mass is 16.5. The quantitative estimate of drug-likeness (QED) is 0.919. The van der Waals surface area contributed by atoms with Crippen LogP contribution in [0.4, 0.5) is 5.69 Å². The molecule has 1 atom stereocenters. The molecule has 2 heterocycles. The first-order valence-electron chi connectivity index (χ1n) is 6.62. The number of fused-ring (bicyclic) bond motifs is 1. The summed E-state index contributed by atoms with van der Waals surface area (Å²) >= 11 is 0. The number of furan rings is 1. The molecule has 0 aliphatic carbocycles. The lowest BCUT2D eigenvalue weighted by Gasteiger charge is -2.30. The van der Waals surface area contributed by atoms with Gasteiger partial charge in [0.25, 0.3) is 0 Å². The Morgan fingerprint density at radius 3 is 2.89 bits per heavy atom. The van der Waals surface area contributed by atoms with Crippen molar-refractivity contribution in [2.24, 2.45) is 5.73 Å². The number of nitrogens with two attached hydrogens (primary N) is 1. The maximum Gasteiger partial charge on any atom is 0.142 e. The van der Waals surface area contributed by atoms with Crippen LogP contribution in [0.2, 0.25) is 0 Å². The van der Waals surface area contributed by atoms with Crippen LogP contribution in [-0.2, 0) is 0 Å². The Labute approximate surface area is 112 Å². The molecule has 0 saturated carbocycles. The summed E-state index contributed by atoms with van der Waals surface area (Å²) in [5, 5.41) is 0. The fraction of sp³-hybridized carbons (Fsp3) is 0.333. The second-order valence-corrected chi connectivity index (χ2v) is 4.63. The third-order valence-corrected chi connectivity index (χ3v) is 3.45. The summed E-state index contributed by atoms with van der Waals surface area (Å²) in [5.41, 5.74) is 7.05. The highest BCUT2D eigenvalue weighted by molar-refractivity contribution is 5.60. The first kappa shape index (κ1) is 12.1. The lowest BCUT2D eigenvalue weighted by molar-refractivity contribution is 0.322. The van der Waals surface area contributed by atoms with Crippen molar-refractivity contribution in [2.75, 3.05) is 24.6 Å². The van der Waals surface area contributed by atoms with Gasteiger partial charge in [-0.25, -0.2) is 0 Å². The minimum absolute atomic E-state index is 0.0536. The van der Waals surface area contributed by atoms with Crippen LogP contribution in [0.3, 0.4) is 0 Å². The van der Waals surface area contributed by atoms with Crippen LogP contribution in [0.15, 0.2) is 47.1 Å². The van der Waals surface area contributed by atoms with E-state index in [-0.39, 0.29) is 6.04 Å². The van der Waals surface area contributed by atoms with E-state index in [9.17, 15) is 0 Å². The predicted molar refractivity (Wildman–Crippen MR) is 74.4 cm³/mol. The molecule has 0 radical (unpaired) electrons. The fourth-order valence-corrected chi connectivity index (χ4v) is 2.56. The van der Waals surface area contributed by atoms with E-state index in [4.69, 9.17) is 14.9 Å². The Kier molecular flexibility index (Phi) is 3.42. The van der Waals surface area contributed by atoms with Gasteiger partial charge in [-0.15, -0.1) is 0 Å². The maximum absolute atomic E-state index is 5.96. The zero-order valence-corrected chi connectivity index (χ0v) is 10.8. The summed E-state index contributed by atoms with van der Waals surface area (Å²) in [5.74, 6) is 1.82. The summed E-state index contributed by atoms with van der Waals surface area (Å²) in [6, 6.07) is 12.0. The first-order valence-corrected chi connectivity index (χ1v) is 6.62. The topological polar surface area (TPSA) is 51.6 Å². The smallest absolute Gasteiger partial charge is 0.142 e. The lowest BCUT2D eigenvalue weighted by atomic mass is 10.1. The lowest BCUT2D eigenvalue weighted by Crippen LogP contribution is -2.34. The van der Waals surface area contributed by atoms with E-state index in [0.29, 0.717) is 6.54 Å². The molecule has 19 heavy (non-hydrogen) atoms. The van der Waals surface area contributed by atoms with E-state index in [1.54, 1.807) is 6.26 Å². The molecule has 2 N–H and O–H groups in total. The highest BCUT2D eigenvalue weighted by Crippen LogP contribution is 2.35. The summed E-state index contributed by atoms with van der Waals surface area (Å²) in [6.45, 7) is 2.17. The molecule has 0 bridgehead atoms.